The Hall–Kier alpha value is -0.570. The molecular weight excluding hydrogens is 178 g/mol. The molecule has 14 heavy (non-hydrogen) atoms. The van der Waals surface area contributed by atoms with Gasteiger partial charge in [-0.15, -0.1) is 0 Å². The van der Waals surface area contributed by atoms with Crippen LogP contribution in [0.1, 0.15) is 46.0 Å². The largest absolute Gasteiger partial charge is 0.464 e. The molecule has 0 aromatic heterocycles. The highest BCUT2D eigenvalue weighted by Crippen LogP contribution is 2.24. The Kier molecular flexibility index (Phi) is 4.39. The zero-order chi connectivity index (χ0) is 10.4. The van der Waals surface area contributed by atoms with Gasteiger partial charge in [0.1, 0.15) is 5.54 Å². The second-order valence-corrected chi connectivity index (χ2v) is 3.96. The predicted octanol–water partition coefficient (Wildman–Crippen LogP) is 1.86. The second kappa shape index (κ2) is 5.35. The lowest BCUT2D eigenvalue weighted by Gasteiger charge is -2.25. The number of ether oxygens (including phenoxy) is 1. The topological polar surface area (TPSA) is 38.3 Å². The summed E-state index contributed by atoms with van der Waals surface area (Å²) >= 11 is 0. The van der Waals surface area contributed by atoms with Crippen LogP contribution in [0.15, 0.2) is 0 Å². The highest BCUT2D eigenvalue weighted by Gasteiger charge is 2.40. The molecule has 1 N–H and O–H groups in total. The Morgan fingerprint density at radius 3 is 2.79 bits per heavy atom. The van der Waals surface area contributed by atoms with Crippen molar-refractivity contribution in [3.8, 4) is 0 Å². The van der Waals surface area contributed by atoms with Gasteiger partial charge in [-0.1, -0.05) is 20.3 Å². The quantitative estimate of drug-likeness (QED) is 0.542. The molecule has 1 saturated heterocycles. The fourth-order valence-electron chi connectivity index (χ4n) is 1.87. The van der Waals surface area contributed by atoms with Gasteiger partial charge in [0, 0.05) is 0 Å². The van der Waals surface area contributed by atoms with Crippen LogP contribution in [0.2, 0.25) is 0 Å². The van der Waals surface area contributed by atoms with Crippen LogP contribution in [0.25, 0.3) is 0 Å². The van der Waals surface area contributed by atoms with Crippen LogP contribution in [-0.4, -0.2) is 24.7 Å². The summed E-state index contributed by atoms with van der Waals surface area (Å²) in [6.45, 7) is 5.64. The summed E-state index contributed by atoms with van der Waals surface area (Å²) in [5.74, 6) is -0.0500. The normalized spacial score (nSPS) is 26.4. The molecule has 1 rings (SSSR count). The lowest BCUT2D eigenvalue weighted by Crippen LogP contribution is -2.48. The zero-order valence-corrected chi connectivity index (χ0v) is 9.27. The van der Waals surface area contributed by atoms with Crippen LogP contribution in [0, 0.1) is 0 Å². The molecule has 0 spiro atoms. The molecule has 1 atom stereocenters. The lowest BCUT2D eigenvalue weighted by molar-refractivity contribution is -0.151. The van der Waals surface area contributed by atoms with Crippen molar-refractivity contribution < 1.29 is 9.53 Å². The Morgan fingerprint density at radius 2 is 2.29 bits per heavy atom. The van der Waals surface area contributed by atoms with Gasteiger partial charge >= 0.3 is 5.97 Å². The van der Waals surface area contributed by atoms with Crippen LogP contribution >= 0.6 is 0 Å². The van der Waals surface area contributed by atoms with Gasteiger partial charge in [0.15, 0.2) is 0 Å². The summed E-state index contributed by atoms with van der Waals surface area (Å²) in [6, 6.07) is 0. The van der Waals surface area contributed by atoms with E-state index in [1.165, 1.54) is 0 Å². The van der Waals surface area contributed by atoms with Gasteiger partial charge in [0.2, 0.25) is 0 Å². The van der Waals surface area contributed by atoms with Gasteiger partial charge in [0.25, 0.3) is 0 Å². The number of carbonyl (C=O) groups excluding carboxylic acids is 1. The Balaban J connectivity index is 2.40. The smallest absolute Gasteiger partial charge is 0.326 e. The van der Waals surface area contributed by atoms with Gasteiger partial charge in [-0.3, -0.25) is 4.79 Å². The standard InChI is InChI=1S/C11H21NO2/c1-3-5-9-14-10(13)11(4-2)7-6-8-12-11/h12H,3-9H2,1-2H3. The first-order valence-electron chi connectivity index (χ1n) is 5.67. The molecule has 1 unspecified atom stereocenters. The highest BCUT2D eigenvalue weighted by molar-refractivity contribution is 5.81. The molecule has 0 radical (unpaired) electrons. The molecule has 82 valence electrons. The highest BCUT2D eigenvalue weighted by atomic mass is 16.5. The number of esters is 1. The van der Waals surface area contributed by atoms with E-state index in [1.54, 1.807) is 0 Å². The molecule has 1 fully saturated rings. The van der Waals surface area contributed by atoms with E-state index < -0.39 is 0 Å². The van der Waals surface area contributed by atoms with Crippen molar-refractivity contribution in [3.63, 3.8) is 0 Å². The molecule has 1 aliphatic rings. The Bertz CT molecular complexity index is 186. The van der Waals surface area contributed by atoms with E-state index >= 15 is 0 Å². The SMILES string of the molecule is CCCCOC(=O)C1(CC)CCCN1. The van der Waals surface area contributed by atoms with Crippen molar-refractivity contribution in [2.75, 3.05) is 13.2 Å². The Labute approximate surface area is 86.2 Å². The summed E-state index contributed by atoms with van der Waals surface area (Å²) in [4.78, 5) is 11.8. The molecule has 0 amide bonds. The maximum Gasteiger partial charge on any atom is 0.326 e. The van der Waals surface area contributed by atoms with Crippen molar-refractivity contribution in [2.45, 2.75) is 51.5 Å². The second-order valence-electron chi connectivity index (χ2n) is 3.96. The molecule has 1 heterocycles. The predicted molar refractivity (Wildman–Crippen MR) is 56.1 cm³/mol. The van der Waals surface area contributed by atoms with E-state index in [0.717, 1.165) is 38.6 Å². The van der Waals surface area contributed by atoms with E-state index in [2.05, 4.69) is 12.2 Å². The van der Waals surface area contributed by atoms with Gasteiger partial charge in [0.05, 0.1) is 6.61 Å². The average Bonchev–Trinajstić information content (AvgIpc) is 2.67. The molecule has 1 aliphatic heterocycles. The van der Waals surface area contributed by atoms with E-state index in [-0.39, 0.29) is 11.5 Å². The first-order valence-corrected chi connectivity index (χ1v) is 5.67. The molecule has 0 saturated carbocycles. The molecule has 0 bridgehead atoms. The maximum absolute atomic E-state index is 11.8. The van der Waals surface area contributed by atoms with Crippen LogP contribution < -0.4 is 5.32 Å². The molecule has 3 heteroatoms. The van der Waals surface area contributed by atoms with E-state index in [4.69, 9.17) is 4.74 Å². The summed E-state index contributed by atoms with van der Waals surface area (Å²) < 4.78 is 5.26. The molecule has 3 nitrogen and oxygen atoms in total. The van der Waals surface area contributed by atoms with Crippen LogP contribution in [0.5, 0.6) is 0 Å². The number of carbonyl (C=O) groups is 1. The minimum atomic E-state index is -0.367. The summed E-state index contributed by atoms with van der Waals surface area (Å²) in [6.07, 6.45) is 4.87. The van der Waals surface area contributed by atoms with E-state index in [0.29, 0.717) is 6.61 Å². The van der Waals surface area contributed by atoms with Crippen LogP contribution in [-0.2, 0) is 9.53 Å². The van der Waals surface area contributed by atoms with E-state index in [9.17, 15) is 4.79 Å². The molecular formula is C11H21NO2. The number of hydrogen-bond donors (Lipinski definition) is 1. The third kappa shape index (κ3) is 2.47. The fourth-order valence-corrected chi connectivity index (χ4v) is 1.87. The third-order valence-corrected chi connectivity index (χ3v) is 2.97. The first kappa shape index (κ1) is 11.5. The lowest BCUT2D eigenvalue weighted by atomic mass is 9.94. The van der Waals surface area contributed by atoms with Crippen molar-refractivity contribution in [2.24, 2.45) is 0 Å². The Morgan fingerprint density at radius 1 is 1.50 bits per heavy atom. The average molecular weight is 199 g/mol. The number of rotatable bonds is 5. The molecule has 0 aliphatic carbocycles. The number of unbranched alkanes of at least 4 members (excludes halogenated alkanes) is 1. The van der Waals surface area contributed by atoms with Crippen LogP contribution in [0.4, 0.5) is 0 Å². The van der Waals surface area contributed by atoms with Crippen molar-refractivity contribution >= 4 is 5.97 Å². The zero-order valence-electron chi connectivity index (χ0n) is 9.27. The monoisotopic (exact) mass is 199 g/mol. The maximum atomic E-state index is 11.8. The summed E-state index contributed by atoms with van der Waals surface area (Å²) in [7, 11) is 0. The first-order chi connectivity index (χ1) is 6.75. The minimum absolute atomic E-state index is 0.0500. The summed E-state index contributed by atoms with van der Waals surface area (Å²) in [5.41, 5.74) is -0.367. The van der Waals surface area contributed by atoms with Crippen molar-refractivity contribution in [3.05, 3.63) is 0 Å². The van der Waals surface area contributed by atoms with Gasteiger partial charge < -0.3 is 10.1 Å². The van der Waals surface area contributed by atoms with Crippen molar-refractivity contribution in [1.29, 1.82) is 0 Å². The minimum Gasteiger partial charge on any atom is -0.464 e. The number of hydrogen-bond acceptors (Lipinski definition) is 3. The van der Waals surface area contributed by atoms with E-state index in [1.807, 2.05) is 6.92 Å². The fraction of sp³-hybridized carbons (Fsp3) is 0.909. The third-order valence-electron chi connectivity index (χ3n) is 2.97. The number of nitrogens with one attached hydrogen (secondary N) is 1. The van der Waals surface area contributed by atoms with Crippen LogP contribution in [0.3, 0.4) is 0 Å². The van der Waals surface area contributed by atoms with Crippen molar-refractivity contribution in [1.82, 2.24) is 5.32 Å². The van der Waals surface area contributed by atoms with Gasteiger partial charge in [-0.25, -0.2) is 0 Å². The van der Waals surface area contributed by atoms with Gasteiger partial charge in [-0.05, 0) is 32.2 Å². The summed E-state index contributed by atoms with van der Waals surface area (Å²) in [5, 5.41) is 3.27. The molecule has 0 aromatic carbocycles. The van der Waals surface area contributed by atoms with Gasteiger partial charge in [-0.2, -0.15) is 0 Å². The molecule has 0 aromatic rings.